The van der Waals surface area contributed by atoms with Crippen molar-refractivity contribution in [2.45, 2.75) is 25.8 Å². The van der Waals surface area contributed by atoms with E-state index in [0.717, 1.165) is 11.1 Å². The van der Waals surface area contributed by atoms with E-state index in [0.29, 0.717) is 17.9 Å². The lowest BCUT2D eigenvalue weighted by molar-refractivity contribution is 0.432. The Labute approximate surface area is 92.9 Å². The molecule has 0 aliphatic heterocycles. The number of hydrogen-bond donors (Lipinski definition) is 1. The van der Waals surface area contributed by atoms with Crippen LogP contribution in [0.4, 0.5) is 6.01 Å². The molecule has 1 aliphatic carbocycles. The lowest BCUT2D eigenvalue weighted by Crippen LogP contribution is -2.00. The maximum Gasteiger partial charge on any atom is 0.322 e. The number of aryl methyl sites for hydroxylation is 1. The van der Waals surface area contributed by atoms with Crippen molar-refractivity contribution in [2.24, 2.45) is 0 Å². The van der Waals surface area contributed by atoms with Crippen LogP contribution < -0.4 is 5.32 Å². The number of nitrogens with zero attached hydrogens (tertiary/aromatic N) is 3. The van der Waals surface area contributed by atoms with E-state index in [2.05, 4.69) is 20.4 Å². The minimum absolute atomic E-state index is 0.501. The lowest BCUT2D eigenvalue weighted by Gasteiger charge is -1.97. The molecular formula is C11H12N4O. The Balaban J connectivity index is 1.88. The lowest BCUT2D eigenvalue weighted by atomic mass is 10.1. The Morgan fingerprint density at radius 3 is 3.06 bits per heavy atom. The van der Waals surface area contributed by atoms with Crippen LogP contribution in [0.5, 0.6) is 0 Å². The van der Waals surface area contributed by atoms with E-state index >= 15 is 0 Å². The van der Waals surface area contributed by atoms with Crippen molar-refractivity contribution in [1.82, 2.24) is 15.1 Å². The maximum atomic E-state index is 5.12. The summed E-state index contributed by atoms with van der Waals surface area (Å²) in [5.41, 5.74) is 2.00. The highest BCUT2D eigenvalue weighted by Crippen LogP contribution is 2.25. The summed E-state index contributed by atoms with van der Waals surface area (Å²) in [7, 11) is 0. The van der Waals surface area contributed by atoms with Gasteiger partial charge in [-0.25, -0.2) is 0 Å². The maximum absolute atomic E-state index is 5.12. The smallest absolute Gasteiger partial charge is 0.322 e. The van der Waals surface area contributed by atoms with Gasteiger partial charge in [-0.15, -0.1) is 0 Å². The van der Waals surface area contributed by atoms with Gasteiger partial charge in [0.05, 0.1) is 0 Å². The Bertz CT molecular complexity index is 504. The van der Waals surface area contributed by atoms with Gasteiger partial charge >= 0.3 is 6.01 Å². The molecule has 0 amide bonds. The van der Waals surface area contributed by atoms with E-state index in [1.54, 1.807) is 12.4 Å². The summed E-state index contributed by atoms with van der Waals surface area (Å²) in [6.07, 6.45) is 5.87. The van der Waals surface area contributed by atoms with Crippen molar-refractivity contribution in [1.29, 1.82) is 0 Å². The molecule has 1 saturated carbocycles. The summed E-state index contributed by atoms with van der Waals surface area (Å²) in [5, 5.41) is 7.10. The topological polar surface area (TPSA) is 63.8 Å². The molecule has 1 aliphatic rings. The van der Waals surface area contributed by atoms with Gasteiger partial charge in [0.1, 0.15) is 0 Å². The van der Waals surface area contributed by atoms with Crippen molar-refractivity contribution in [2.75, 3.05) is 5.32 Å². The average molecular weight is 216 g/mol. The van der Waals surface area contributed by atoms with Crippen LogP contribution in [0.15, 0.2) is 23.0 Å². The van der Waals surface area contributed by atoms with Crippen molar-refractivity contribution >= 4 is 6.01 Å². The molecule has 0 atom stereocenters. The fraction of sp³-hybridized carbons (Fsp3) is 0.364. The zero-order chi connectivity index (χ0) is 11.0. The van der Waals surface area contributed by atoms with Gasteiger partial charge in [0.2, 0.25) is 5.82 Å². The van der Waals surface area contributed by atoms with Gasteiger partial charge in [-0.05, 0) is 31.4 Å². The number of rotatable bonds is 3. The third-order valence-electron chi connectivity index (χ3n) is 2.61. The summed E-state index contributed by atoms with van der Waals surface area (Å²) in [5.74, 6) is 0.591. The van der Waals surface area contributed by atoms with Gasteiger partial charge in [-0.1, -0.05) is 5.16 Å². The molecule has 1 N–H and O–H groups in total. The second-order valence-electron chi connectivity index (χ2n) is 4.03. The third kappa shape index (κ3) is 1.76. The van der Waals surface area contributed by atoms with Crippen LogP contribution in [0.25, 0.3) is 11.4 Å². The van der Waals surface area contributed by atoms with Gasteiger partial charge in [-0.3, -0.25) is 4.98 Å². The first-order chi connectivity index (χ1) is 7.83. The summed E-state index contributed by atoms with van der Waals surface area (Å²) in [4.78, 5) is 8.35. The molecule has 5 heteroatoms. The fourth-order valence-electron chi connectivity index (χ4n) is 1.49. The van der Waals surface area contributed by atoms with E-state index in [1.165, 1.54) is 12.8 Å². The predicted octanol–water partition coefficient (Wildman–Crippen LogP) is 2.01. The van der Waals surface area contributed by atoms with Gasteiger partial charge in [0.25, 0.3) is 0 Å². The zero-order valence-corrected chi connectivity index (χ0v) is 8.97. The molecule has 2 aromatic heterocycles. The molecule has 5 nitrogen and oxygen atoms in total. The van der Waals surface area contributed by atoms with Crippen molar-refractivity contribution < 1.29 is 4.52 Å². The largest absolute Gasteiger partial charge is 0.335 e. The van der Waals surface area contributed by atoms with E-state index in [4.69, 9.17) is 4.52 Å². The quantitative estimate of drug-likeness (QED) is 0.850. The molecule has 0 saturated heterocycles. The Hall–Kier alpha value is -1.91. The van der Waals surface area contributed by atoms with Crippen LogP contribution >= 0.6 is 0 Å². The minimum Gasteiger partial charge on any atom is -0.335 e. The molecule has 3 rings (SSSR count). The monoisotopic (exact) mass is 216 g/mol. The van der Waals surface area contributed by atoms with E-state index < -0.39 is 0 Å². The van der Waals surface area contributed by atoms with E-state index in [9.17, 15) is 0 Å². The number of anilines is 1. The van der Waals surface area contributed by atoms with Crippen LogP contribution in [-0.2, 0) is 0 Å². The Morgan fingerprint density at radius 1 is 1.44 bits per heavy atom. The summed E-state index contributed by atoms with van der Waals surface area (Å²) < 4.78 is 5.12. The van der Waals surface area contributed by atoms with Crippen LogP contribution in [0.2, 0.25) is 0 Å². The van der Waals surface area contributed by atoms with E-state index in [1.807, 2.05) is 13.0 Å². The van der Waals surface area contributed by atoms with Crippen molar-refractivity contribution in [3.05, 3.63) is 24.0 Å². The van der Waals surface area contributed by atoms with Gasteiger partial charge in [-0.2, -0.15) is 4.98 Å². The van der Waals surface area contributed by atoms with Gasteiger partial charge in [0, 0.05) is 24.0 Å². The second-order valence-corrected chi connectivity index (χ2v) is 4.03. The highest BCUT2D eigenvalue weighted by Gasteiger charge is 2.23. The standard InChI is InChI=1S/C11H12N4O/c1-7-4-5-12-6-9(7)10-14-11(16-15-10)13-8-2-3-8/h4-6,8H,2-3H2,1H3,(H,13,14,15). The normalized spacial score (nSPS) is 15.1. The third-order valence-corrected chi connectivity index (χ3v) is 2.61. The first-order valence-corrected chi connectivity index (χ1v) is 5.34. The molecule has 0 bridgehead atoms. The Morgan fingerprint density at radius 2 is 2.31 bits per heavy atom. The van der Waals surface area contributed by atoms with Crippen LogP contribution in [0, 0.1) is 6.92 Å². The zero-order valence-electron chi connectivity index (χ0n) is 8.97. The summed E-state index contributed by atoms with van der Waals surface area (Å²) in [6, 6.07) is 2.95. The molecule has 2 aromatic rings. The molecule has 16 heavy (non-hydrogen) atoms. The Kier molecular flexibility index (Phi) is 2.09. The number of pyridine rings is 1. The molecule has 82 valence electrons. The fourth-order valence-corrected chi connectivity index (χ4v) is 1.49. The molecule has 0 unspecified atom stereocenters. The molecule has 0 aromatic carbocycles. The van der Waals surface area contributed by atoms with Crippen LogP contribution in [0.3, 0.4) is 0 Å². The molecular weight excluding hydrogens is 204 g/mol. The number of nitrogens with one attached hydrogen (secondary N) is 1. The first-order valence-electron chi connectivity index (χ1n) is 5.34. The predicted molar refractivity (Wildman–Crippen MR) is 58.9 cm³/mol. The molecule has 0 radical (unpaired) electrons. The number of aromatic nitrogens is 3. The minimum atomic E-state index is 0.501. The average Bonchev–Trinajstić information content (AvgIpc) is 2.97. The highest BCUT2D eigenvalue weighted by atomic mass is 16.5. The van der Waals surface area contributed by atoms with Crippen LogP contribution in [0.1, 0.15) is 18.4 Å². The van der Waals surface area contributed by atoms with Crippen molar-refractivity contribution in [3.8, 4) is 11.4 Å². The van der Waals surface area contributed by atoms with Gasteiger partial charge < -0.3 is 9.84 Å². The molecule has 0 spiro atoms. The molecule has 1 fully saturated rings. The van der Waals surface area contributed by atoms with Gasteiger partial charge in [0.15, 0.2) is 0 Å². The first kappa shape index (κ1) is 9.33. The van der Waals surface area contributed by atoms with E-state index in [-0.39, 0.29) is 0 Å². The summed E-state index contributed by atoms with van der Waals surface area (Å²) in [6.45, 7) is 2.00. The highest BCUT2D eigenvalue weighted by molar-refractivity contribution is 5.58. The second kappa shape index (κ2) is 3.59. The van der Waals surface area contributed by atoms with Crippen LogP contribution in [-0.4, -0.2) is 21.2 Å². The molecule has 2 heterocycles. The summed E-state index contributed by atoms with van der Waals surface area (Å²) >= 11 is 0. The number of hydrogen-bond acceptors (Lipinski definition) is 5. The van der Waals surface area contributed by atoms with Crippen molar-refractivity contribution in [3.63, 3.8) is 0 Å². The SMILES string of the molecule is Cc1ccncc1-c1noc(NC2CC2)n1.